The van der Waals surface area contributed by atoms with Crippen LogP contribution in [0.25, 0.3) is 0 Å². The van der Waals surface area contributed by atoms with Gasteiger partial charge in [0, 0.05) is 16.8 Å². The van der Waals surface area contributed by atoms with E-state index in [0.29, 0.717) is 0 Å². The van der Waals surface area contributed by atoms with E-state index in [2.05, 4.69) is 24.0 Å². The Kier molecular flexibility index (Phi) is 3.99. The molecule has 2 rings (SSSR count). The predicted octanol–water partition coefficient (Wildman–Crippen LogP) is 3.38. The van der Waals surface area contributed by atoms with Crippen molar-refractivity contribution in [2.24, 2.45) is 0 Å². The number of nitrogens with zero attached hydrogens (tertiary/aromatic N) is 1. The highest BCUT2D eigenvalue weighted by Crippen LogP contribution is 2.24. The summed E-state index contributed by atoms with van der Waals surface area (Å²) in [5.74, 6) is -0.203. The zero-order chi connectivity index (χ0) is 13.0. The lowest BCUT2D eigenvalue weighted by atomic mass is 10.2. The van der Waals surface area contributed by atoms with Crippen molar-refractivity contribution in [2.75, 3.05) is 0 Å². The van der Waals surface area contributed by atoms with Gasteiger partial charge in [0.2, 0.25) is 0 Å². The van der Waals surface area contributed by atoms with E-state index in [1.165, 1.54) is 16.7 Å². The van der Waals surface area contributed by atoms with Gasteiger partial charge in [0.05, 0.1) is 11.3 Å². The smallest absolute Gasteiger partial charge is 0.337 e. The largest absolute Gasteiger partial charge is 0.478 e. The van der Waals surface area contributed by atoms with Crippen LogP contribution in [0, 0.1) is 6.92 Å². The minimum atomic E-state index is -0.944. The van der Waals surface area contributed by atoms with Crippen LogP contribution in [-0.4, -0.2) is 16.1 Å². The first-order chi connectivity index (χ1) is 8.66. The average Bonchev–Trinajstić information content (AvgIpc) is 2.38. The zero-order valence-corrected chi connectivity index (χ0v) is 10.8. The molecule has 4 heteroatoms. The number of carboxylic acids is 1. The van der Waals surface area contributed by atoms with Crippen molar-refractivity contribution < 1.29 is 9.90 Å². The molecule has 3 nitrogen and oxygen atoms in total. The summed E-state index contributed by atoms with van der Waals surface area (Å²) in [7, 11) is 0. The molecule has 0 aliphatic carbocycles. The summed E-state index contributed by atoms with van der Waals surface area (Å²) < 4.78 is 0. The molecule has 0 atom stereocenters. The molecule has 0 spiro atoms. The Balaban J connectivity index is 2.02. The molecule has 0 aliphatic rings. The summed E-state index contributed by atoms with van der Waals surface area (Å²) in [5.41, 5.74) is 2.34. The van der Waals surface area contributed by atoms with Crippen molar-refractivity contribution in [3.63, 3.8) is 0 Å². The first-order valence-electron chi connectivity index (χ1n) is 5.53. The van der Waals surface area contributed by atoms with Crippen molar-refractivity contribution in [3.8, 4) is 0 Å². The summed E-state index contributed by atoms with van der Waals surface area (Å²) in [6, 6.07) is 11.5. The fraction of sp³-hybridized carbons (Fsp3) is 0.143. The molecule has 0 unspecified atom stereocenters. The monoisotopic (exact) mass is 259 g/mol. The first kappa shape index (κ1) is 12.6. The predicted molar refractivity (Wildman–Crippen MR) is 71.9 cm³/mol. The molecule has 0 amide bonds. The van der Waals surface area contributed by atoms with E-state index in [9.17, 15) is 4.79 Å². The van der Waals surface area contributed by atoms with Crippen molar-refractivity contribution in [1.29, 1.82) is 0 Å². The minimum absolute atomic E-state index is 0.222. The molecule has 0 radical (unpaired) electrons. The number of rotatable bonds is 4. The maximum Gasteiger partial charge on any atom is 0.337 e. The first-order valence-corrected chi connectivity index (χ1v) is 6.52. The highest BCUT2D eigenvalue weighted by molar-refractivity contribution is 7.98. The van der Waals surface area contributed by atoms with Gasteiger partial charge in [0.15, 0.2) is 0 Å². The van der Waals surface area contributed by atoms with E-state index in [-0.39, 0.29) is 5.56 Å². The van der Waals surface area contributed by atoms with Crippen molar-refractivity contribution in [3.05, 3.63) is 59.4 Å². The third-order valence-corrected chi connectivity index (χ3v) is 3.75. The molecule has 1 aromatic carbocycles. The fourth-order valence-corrected chi connectivity index (χ4v) is 2.45. The number of aromatic carboxylic acids is 1. The van der Waals surface area contributed by atoms with Crippen LogP contribution in [0.3, 0.4) is 0 Å². The summed E-state index contributed by atoms with van der Waals surface area (Å²) in [6.45, 7) is 2.07. The molecule has 18 heavy (non-hydrogen) atoms. The van der Waals surface area contributed by atoms with Gasteiger partial charge in [-0.1, -0.05) is 18.2 Å². The normalized spacial score (nSPS) is 10.3. The van der Waals surface area contributed by atoms with Crippen LogP contribution in [0.15, 0.2) is 47.5 Å². The number of benzene rings is 1. The van der Waals surface area contributed by atoms with Crippen molar-refractivity contribution >= 4 is 17.7 Å². The van der Waals surface area contributed by atoms with E-state index in [0.717, 1.165) is 11.4 Å². The van der Waals surface area contributed by atoms with Crippen LogP contribution in [0.1, 0.15) is 21.6 Å². The number of carboxylic acid groups (broad SMARTS) is 1. The summed E-state index contributed by atoms with van der Waals surface area (Å²) >= 11 is 1.70. The highest BCUT2D eigenvalue weighted by atomic mass is 32.2. The third kappa shape index (κ3) is 3.11. The summed E-state index contributed by atoms with van der Waals surface area (Å²) in [5, 5.41) is 8.77. The van der Waals surface area contributed by atoms with Gasteiger partial charge >= 0.3 is 5.97 Å². The average molecular weight is 259 g/mol. The molecule has 0 bridgehead atoms. The van der Waals surface area contributed by atoms with Crippen LogP contribution in [0.4, 0.5) is 0 Å². The van der Waals surface area contributed by atoms with Gasteiger partial charge in [-0.05, 0) is 30.7 Å². The number of pyridine rings is 1. The molecule has 1 N–H and O–H groups in total. The van der Waals surface area contributed by atoms with Crippen LogP contribution in [0.2, 0.25) is 0 Å². The van der Waals surface area contributed by atoms with Crippen LogP contribution in [0.5, 0.6) is 0 Å². The van der Waals surface area contributed by atoms with Crippen molar-refractivity contribution in [1.82, 2.24) is 4.98 Å². The molecule has 0 saturated carbocycles. The Morgan fingerprint density at radius 1 is 1.28 bits per heavy atom. The number of hydrogen-bond donors (Lipinski definition) is 1. The van der Waals surface area contributed by atoms with Gasteiger partial charge in [-0.3, -0.25) is 4.98 Å². The molecule has 2 aromatic rings. The zero-order valence-electron chi connectivity index (χ0n) is 9.96. The van der Waals surface area contributed by atoms with Gasteiger partial charge in [0.25, 0.3) is 0 Å². The molecule has 1 heterocycles. The van der Waals surface area contributed by atoms with Gasteiger partial charge in [-0.15, -0.1) is 11.8 Å². The van der Waals surface area contributed by atoms with E-state index >= 15 is 0 Å². The van der Waals surface area contributed by atoms with Crippen LogP contribution >= 0.6 is 11.8 Å². The minimum Gasteiger partial charge on any atom is -0.478 e. The van der Waals surface area contributed by atoms with E-state index in [1.54, 1.807) is 23.9 Å². The molecule has 0 saturated heterocycles. The molecule has 1 aromatic heterocycles. The van der Waals surface area contributed by atoms with E-state index in [1.807, 2.05) is 12.1 Å². The number of hydrogen-bond acceptors (Lipinski definition) is 3. The van der Waals surface area contributed by atoms with Gasteiger partial charge in [-0.25, -0.2) is 4.79 Å². The lowest BCUT2D eigenvalue weighted by Crippen LogP contribution is -1.98. The second-order valence-corrected chi connectivity index (χ2v) is 4.91. The van der Waals surface area contributed by atoms with Crippen LogP contribution < -0.4 is 0 Å². The molecule has 0 aliphatic heterocycles. The molecule has 0 fully saturated rings. The van der Waals surface area contributed by atoms with Crippen LogP contribution in [-0.2, 0) is 5.75 Å². The lowest BCUT2D eigenvalue weighted by molar-refractivity contribution is 0.0696. The Morgan fingerprint density at radius 2 is 2.06 bits per heavy atom. The maximum absolute atomic E-state index is 10.7. The second-order valence-electron chi connectivity index (χ2n) is 3.90. The molecular weight excluding hydrogens is 246 g/mol. The van der Waals surface area contributed by atoms with Gasteiger partial charge < -0.3 is 5.11 Å². The van der Waals surface area contributed by atoms with E-state index < -0.39 is 5.97 Å². The Labute approximate surface area is 110 Å². The highest BCUT2D eigenvalue weighted by Gasteiger charge is 2.04. The van der Waals surface area contributed by atoms with Gasteiger partial charge in [0.1, 0.15) is 0 Å². The quantitative estimate of drug-likeness (QED) is 0.855. The summed E-state index contributed by atoms with van der Waals surface area (Å²) in [4.78, 5) is 16.1. The standard InChI is InChI=1S/C14H13NO2S/c1-10-4-2-3-5-13(10)18-9-12-7-6-11(8-15-12)14(16)17/h2-8H,9H2,1H3,(H,16,17). The van der Waals surface area contributed by atoms with Crippen molar-refractivity contribution in [2.45, 2.75) is 17.6 Å². The summed E-state index contributed by atoms with van der Waals surface area (Å²) in [6.07, 6.45) is 1.40. The Morgan fingerprint density at radius 3 is 2.67 bits per heavy atom. The Hall–Kier alpha value is -1.81. The SMILES string of the molecule is Cc1ccccc1SCc1ccc(C(=O)O)cn1. The lowest BCUT2D eigenvalue weighted by Gasteiger charge is -2.04. The van der Waals surface area contributed by atoms with E-state index in [4.69, 9.17) is 5.11 Å². The number of aromatic nitrogens is 1. The topological polar surface area (TPSA) is 50.2 Å². The Bertz CT molecular complexity index is 552. The number of carbonyl (C=O) groups is 1. The van der Waals surface area contributed by atoms with Gasteiger partial charge in [-0.2, -0.15) is 0 Å². The number of thioether (sulfide) groups is 1. The second kappa shape index (κ2) is 5.69. The number of aryl methyl sites for hydroxylation is 1. The molecular formula is C14H13NO2S. The maximum atomic E-state index is 10.7. The third-order valence-electron chi connectivity index (χ3n) is 2.54. The molecule has 92 valence electrons. The fourth-order valence-electron chi connectivity index (χ4n) is 1.51.